The van der Waals surface area contributed by atoms with Crippen molar-refractivity contribution >= 4 is 27.5 Å². The van der Waals surface area contributed by atoms with Crippen molar-refractivity contribution in [1.82, 2.24) is 19.7 Å². The Morgan fingerprint density at radius 2 is 2.03 bits per heavy atom. The highest BCUT2D eigenvalue weighted by molar-refractivity contribution is 7.18. The summed E-state index contributed by atoms with van der Waals surface area (Å²) < 4.78 is 3.30. The molecule has 0 N–H and O–H groups in total. The van der Waals surface area contributed by atoms with Crippen LogP contribution >= 0.6 is 11.3 Å². The average molecular weight is 425 g/mol. The Labute approximate surface area is 183 Å². The van der Waals surface area contributed by atoms with Gasteiger partial charge in [0.2, 0.25) is 5.91 Å². The van der Waals surface area contributed by atoms with Crippen LogP contribution in [0.5, 0.6) is 0 Å². The molecule has 6 heteroatoms. The molecule has 1 fully saturated rings. The number of rotatable bonds is 6. The number of hydrogen-bond acceptors (Lipinski definition) is 4. The van der Waals surface area contributed by atoms with E-state index >= 15 is 0 Å². The highest BCUT2D eigenvalue weighted by Crippen LogP contribution is 2.36. The molecule has 0 bridgehead atoms. The lowest BCUT2D eigenvalue weighted by Crippen LogP contribution is -2.38. The molecule has 2 aromatic heterocycles. The largest absolute Gasteiger partial charge is 0.333 e. The standard InChI is InChI=1S/C24H32N4OS/c1-16(2)15-28-18(4)19(17(3)26-28)12-13-23(29)27-14-8-7-10-21(27)24-25-20-9-5-6-11-22(20)30-24/h5-6,9,11,16,21H,7-8,10,12-15H2,1-4H3/t21-/m0/s1. The lowest BCUT2D eigenvalue weighted by atomic mass is 10.0. The molecule has 0 aliphatic carbocycles. The summed E-state index contributed by atoms with van der Waals surface area (Å²) in [6.45, 7) is 10.4. The molecule has 5 nitrogen and oxygen atoms in total. The number of nitrogens with zero attached hydrogens (tertiary/aromatic N) is 4. The number of thiazole rings is 1. The number of fused-ring (bicyclic) bond motifs is 1. The molecular formula is C24H32N4OS. The molecule has 1 aliphatic rings. The van der Waals surface area contributed by atoms with Gasteiger partial charge in [-0.15, -0.1) is 11.3 Å². The van der Waals surface area contributed by atoms with Crippen LogP contribution in [-0.2, 0) is 17.8 Å². The molecule has 1 atom stereocenters. The summed E-state index contributed by atoms with van der Waals surface area (Å²) in [6, 6.07) is 8.38. The topological polar surface area (TPSA) is 51.0 Å². The summed E-state index contributed by atoms with van der Waals surface area (Å²) in [5.74, 6) is 0.801. The second-order valence-corrected chi connectivity index (χ2v) is 9.91. The Kier molecular flexibility index (Phi) is 6.23. The first-order valence-corrected chi connectivity index (χ1v) is 11.9. The number of carbonyl (C=O) groups is 1. The third kappa shape index (κ3) is 4.29. The van der Waals surface area contributed by atoms with Crippen LogP contribution in [0.4, 0.5) is 0 Å². The number of hydrogen-bond donors (Lipinski definition) is 0. The van der Waals surface area contributed by atoms with Crippen molar-refractivity contribution in [3.8, 4) is 0 Å². The second-order valence-electron chi connectivity index (χ2n) is 8.84. The fourth-order valence-electron chi connectivity index (χ4n) is 4.51. The van der Waals surface area contributed by atoms with Gasteiger partial charge < -0.3 is 4.90 Å². The molecule has 3 heterocycles. The minimum atomic E-state index is 0.120. The number of para-hydroxylation sites is 1. The molecule has 1 aliphatic heterocycles. The van der Waals surface area contributed by atoms with Gasteiger partial charge in [0, 0.05) is 25.2 Å². The van der Waals surface area contributed by atoms with Crippen molar-refractivity contribution in [3.63, 3.8) is 0 Å². The normalized spacial score (nSPS) is 17.2. The smallest absolute Gasteiger partial charge is 0.223 e. The quantitative estimate of drug-likeness (QED) is 0.528. The van der Waals surface area contributed by atoms with Crippen LogP contribution in [0.1, 0.15) is 67.5 Å². The first-order chi connectivity index (χ1) is 14.4. The van der Waals surface area contributed by atoms with E-state index in [4.69, 9.17) is 10.1 Å². The third-order valence-corrected chi connectivity index (χ3v) is 7.21. The van der Waals surface area contributed by atoms with Gasteiger partial charge >= 0.3 is 0 Å². The van der Waals surface area contributed by atoms with Crippen molar-refractivity contribution in [1.29, 1.82) is 0 Å². The van der Waals surface area contributed by atoms with E-state index in [2.05, 4.69) is 55.5 Å². The summed E-state index contributed by atoms with van der Waals surface area (Å²) in [4.78, 5) is 20.2. The summed E-state index contributed by atoms with van der Waals surface area (Å²) in [5.41, 5.74) is 4.54. The van der Waals surface area contributed by atoms with E-state index in [1.54, 1.807) is 11.3 Å². The molecule has 0 saturated carbocycles. The number of aromatic nitrogens is 3. The molecule has 0 radical (unpaired) electrons. The predicted molar refractivity (Wildman–Crippen MR) is 123 cm³/mol. The number of aryl methyl sites for hydroxylation is 1. The third-order valence-electron chi connectivity index (χ3n) is 6.08. The van der Waals surface area contributed by atoms with Gasteiger partial charge in [0.05, 0.1) is 22.0 Å². The number of likely N-dealkylation sites (tertiary alicyclic amines) is 1. The molecule has 0 unspecified atom stereocenters. The molecular weight excluding hydrogens is 392 g/mol. The van der Waals surface area contributed by atoms with E-state index in [-0.39, 0.29) is 11.9 Å². The summed E-state index contributed by atoms with van der Waals surface area (Å²) >= 11 is 1.73. The molecule has 3 aromatic rings. The van der Waals surface area contributed by atoms with E-state index in [9.17, 15) is 4.79 Å². The van der Waals surface area contributed by atoms with Crippen LogP contribution in [0.15, 0.2) is 24.3 Å². The van der Waals surface area contributed by atoms with Crippen LogP contribution in [0.2, 0.25) is 0 Å². The van der Waals surface area contributed by atoms with Gasteiger partial charge in [0.1, 0.15) is 5.01 Å². The minimum absolute atomic E-state index is 0.120. The Bertz CT molecular complexity index is 1000. The van der Waals surface area contributed by atoms with E-state index in [0.717, 1.165) is 55.0 Å². The maximum absolute atomic E-state index is 13.3. The zero-order valence-electron chi connectivity index (χ0n) is 18.5. The van der Waals surface area contributed by atoms with E-state index in [1.165, 1.54) is 16.0 Å². The summed E-state index contributed by atoms with van der Waals surface area (Å²) in [6.07, 6.45) is 4.55. The van der Waals surface area contributed by atoms with Crippen molar-refractivity contribution in [3.05, 3.63) is 46.2 Å². The SMILES string of the molecule is Cc1nn(CC(C)C)c(C)c1CCC(=O)N1CCCC[C@H]1c1nc2ccccc2s1. The Balaban J connectivity index is 1.48. The molecule has 1 saturated heterocycles. The first-order valence-electron chi connectivity index (χ1n) is 11.1. The first kappa shape index (κ1) is 21.0. The van der Waals surface area contributed by atoms with Crippen molar-refractivity contribution in [2.75, 3.05) is 6.54 Å². The zero-order valence-corrected chi connectivity index (χ0v) is 19.3. The average Bonchev–Trinajstić information content (AvgIpc) is 3.27. The number of carbonyl (C=O) groups excluding carboxylic acids is 1. The molecule has 1 aromatic carbocycles. The molecule has 30 heavy (non-hydrogen) atoms. The lowest BCUT2D eigenvalue weighted by molar-refractivity contribution is -0.135. The monoisotopic (exact) mass is 424 g/mol. The van der Waals surface area contributed by atoms with Gasteiger partial charge in [-0.1, -0.05) is 26.0 Å². The number of benzene rings is 1. The van der Waals surface area contributed by atoms with Crippen LogP contribution in [-0.4, -0.2) is 32.1 Å². The Morgan fingerprint density at radius 1 is 1.23 bits per heavy atom. The van der Waals surface area contributed by atoms with Gasteiger partial charge in [-0.3, -0.25) is 9.48 Å². The van der Waals surface area contributed by atoms with Crippen molar-refractivity contribution < 1.29 is 4.79 Å². The van der Waals surface area contributed by atoms with E-state index in [0.29, 0.717) is 12.3 Å². The van der Waals surface area contributed by atoms with Crippen LogP contribution in [0, 0.1) is 19.8 Å². The second kappa shape index (κ2) is 8.88. The number of piperidine rings is 1. The Hall–Kier alpha value is -2.21. The fourth-order valence-corrected chi connectivity index (χ4v) is 5.63. The Morgan fingerprint density at radius 3 is 2.80 bits per heavy atom. The van der Waals surface area contributed by atoms with Crippen molar-refractivity contribution in [2.24, 2.45) is 5.92 Å². The van der Waals surface area contributed by atoms with Gasteiger partial charge in [-0.2, -0.15) is 5.10 Å². The molecule has 4 rings (SSSR count). The molecule has 160 valence electrons. The van der Waals surface area contributed by atoms with E-state index in [1.807, 2.05) is 6.07 Å². The number of amides is 1. The van der Waals surface area contributed by atoms with Gasteiger partial charge in [-0.25, -0.2) is 4.98 Å². The van der Waals surface area contributed by atoms with Crippen LogP contribution < -0.4 is 0 Å². The maximum atomic E-state index is 13.3. The van der Waals surface area contributed by atoms with Crippen LogP contribution in [0.3, 0.4) is 0 Å². The van der Waals surface area contributed by atoms with Crippen LogP contribution in [0.25, 0.3) is 10.2 Å². The maximum Gasteiger partial charge on any atom is 0.223 e. The molecule has 0 spiro atoms. The highest BCUT2D eigenvalue weighted by Gasteiger charge is 2.30. The van der Waals surface area contributed by atoms with Crippen molar-refractivity contribution in [2.45, 2.75) is 72.4 Å². The molecule has 1 amide bonds. The van der Waals surface area contributed by atoms with E-state index < -0.39 is 0 Å². The lowest BCUT2D eigenvalue weighted by Gasteiger charge is -2.34. The highest BCUT2D eigenvalue weighted by atomic mass is 32.1. The summed E-state index contributed by atoms with van der Waals surface area (Å²) in [5, 5.41) is 5.80. The summed E-state index contributed by atoms with van der Waals surface area (Å²) in [7, 11) is 0. The predicted octanol–water partition coefficient (Wildman–Crippen LogP) is 5.45. The fraction of sp³-hybridized carbons (Fsp3) is 0.542. The minimum Gasteiger partial charge on any atom is -0.333 e. The van der Waals surface area contributed by atoms with Gasteiger partial charge in [0.25, 0.3) is 0 Å². The van der Waals surface area contributed by atoms with Gasteiger partial charge in [0.15, 0.2) is 0 Å². The van der Waals surface area contributed by atoms with Gasteiger partial charge in [-0.05, 0) is 63.1 Å². The zero-order chi connectivity index (χ0) is 21.3.